The predicted molar refractivity (Wildman–Crippen MR) is 83.9 cm³/mol. The van der Waals surface area contributed by atoms with Crippen molar-refractivity contribution in [3.63, 3.8) is 0 Å². The number of nitrogens with one attached hydrogen (secondary N) is 1. The molecule has 0 bridgehead atoms. The zero-order valence-corrected chi connectivity index (χ0v) is 12.2. The molecule has 21 heavy (non-hydrogen) atoms. The van der Waals surface area contributed by atoms with Gasteiger partial charge in [-0.1, -0.05) is 36.4 Å². The Labute approximate surface area is 124 Å². The first kappa shape index (κ1) is 15.1. The van der Waals surface area contributed by atoms with Gasteiger partial charge >= 0.3 is 0 Å². The lowest BCUT2D eigenvalue weighted by Gasteiger charge is -2.21. The largest absolute Gasteiger partial charge is 0.399 e. The molecule has 0 aliphatic rings. The fraction of sp³-hybridized carbons (Fsp3) is 0.235. The number of carbonyl (C=O) groups excluding carboxylic acids is 1. The lowest BCUT2D eigenvalue weighted by molar-refractivity contribution is 0.0851. The molecular formula is C17H20N2O2. The molecule has 2 rings (SSSR count). The number of aliphatic hydroxyl groups is 1. The van der Waals surface area contributed by atoms with Crippen molar-refractivity contribution in [3.8, 4) is 0 Å². The van der Waals surface area contributed by atoms with Gasteiger partial charge in [0.2, 0.25) is 0 Å². The van der Waals surface area contributed by atoms with Gasteiger partial charge < -0.3 is 16.2 Å². The van der Waals surface area contributed by atoms with Crippen molar-refractivity contribution in [2.24, 2.45) is 0 Å². The minimum atomic E-state index is -0.753. The van der Waals surface area contributed by atoms with Gasteiger partial charge in [0.25, 0.3) is 5.91 Å². The molecular weight excluding hydrogens is 264 g/mol. The van der Waals surface area contributed by atoms with Gasteiger partial charge in [0.1, 0.15) is 0 Å². The molecule has 4 N–H and O–H groups in total. The summed E-state index contributed by atoms with van der Waals surface area (Å²) in [7, 11) is 0. The van der Waals surface area contributed by atoms with Crippen molar-refractivity contribution in [2.45, 2.75) is 26.0 Å². The third kappa shape index (κ3) is 3.61. The smallest absolute Gasteiger partial charge is 0.251 e. The Kier molecular flexibility index (Phi) is 4.60. The van der Waals surface area contributed by atoms with Gasteiger partial charge in [-0.3, -0.25) is 4.79 Å². The normalized spacial score (nSPS) is 13.5. The van der Waals surface area contributed by atoms with Crippen molar-refractivity contribution in [3.05, 3.63) is 65.2 Å². The number of benzene rings is 2. The number of rotatable bonds is 4. The number of carbonyl (C=O) groups is 1. The summed E-state index contributed by atoms with van der Waals surface area (Å²) in [5, 5.41) is 13.1. The Bertz CT molecular complexity index is 626. The van der Waals surface area contributed by atoms with E-state index < -0.39 is 12.1 Å². The monoisotopic (exact) mass is 284 g/mol. The number of aryl methyl sites for hydroxylation is 1. The Morgan fingerprint density at radius 3 is 2.52 bits per heavy atom. The van der Waals surface area contributed by atoms with E-state index >= 15 is 0 Å². The number of nitrogen functional groups attached to an aromatic ring is 1. The second-order valence-corrected chi connectivity index (χ2v) is 5.19. The maximum atomic E-state index is 12.3. The van der Waals surface area contributed by atoms with E-state index in [2.05, 4.69) is 5.32 Å². The molecule has 110 valence electrons. The molecule has 0 saturated heterocycles. The minimum absolute atomic E-state index is 0.234. The molecule has 1 amide bonds. The summed E-state index contributed by atoms with van der Waals surface area (Å²) in [5.74, 6) is -0.234. The van der Waals surface area contributed by atoms with Crippen LogP contribution in [0.3, 0.4) is 0 Å². The van der Waals surface area contributed by atoms with Crippen LogP contribution in [-0.2, 0) is 0 Å². The molecule has 2 aromatic rings. The number of hydrogen-bond donors (Lipinski definition) is 3. The Morgan fingerprint density at radius 2 is 1.86 bits per heavy atom. The van der Waals surface area contributed by atoms with Crippen molar-refractivity contribution >= 4 is 11.6 Å². The quantitative estimate of drug-likeness (QED) is 0.755. The topological polar surface area (TPSA) is 75.4 Å². The molecule has 0 saturated carbocycles. The van der Waals surface area contributed by atoms with Gasteiger partial charge in [0.05, 0.1) is 12.1 Å². The average Bonchev–Trinajstić information content (AvgIpc) is 2.49. The molecule has 0 radical (unpaired) electrons. The van der Waals surface area contributed by atoms with E-state index in [9.17, 15) is 9.90 Å². The summed E-state index contributed by atoms with van der Waals surface area (Å²) in [6.07, 6.45) is -0.753. The molecule has 4 heteroatoms. The van der Waals surface area contributed by atoms with Gasteiger partial charge in [0.15, 0.2) is 0 Å². The van der Waals surface area contributed by atoms with Gasteiger partial charge in [-0.2, -0.15) is 0 Å². The second kappa shape index (κ2) is 6.41. The van der Waals surface area contributed by atoms with Crippen LogP contribution in [-0.4, -0.2) is 17.1 Å². The van der Waals surface area contributed by atoms with E-state index in [4.69, 9.17) is 5.73 Å². The highest BCUT2D eigenvalue weighted by Gasteiger charge is 2.19. The maximum Gasteiger partial charge on any atom is 0.251 e. The molecule has 2 aromatic carbocycles. The van der Waals surface area contributed by atoms with Crippen molar-refractivity contribution < 1.29 is 9.90 Å². The van der Waals surface area contributed by atoms with Crippen LogP contribution in [0, 0.1) is 6.92 Å². The Morgan fingerprint density at radius 1 is 1.19 bits per heavy atom. The maximum absolute atomic E-state index is 12.3. The first-order chi connectivity index (χ1) is 9.99. The van der Waals surface area contributed by atoms with E-state index in [-0.39, 0.29) is 5.91 Å². The molecule has 0 aromatic heterocycles. The molecule has 0 fully saturated rings. The van der Waals surface area contributed by atoms with Gasteiger partial charge in [0, 0.05) is 11.3 Å². The van der Waals surface area contributed by atoms with Crippen LogP contribution in [0.4, 0.5) is 5.69 Å². The number of nitrogens with two attached hydrogens (primary N) is 1. The summed E-state index contributed by atoms with van der Waals surface area (Å²) in [5.41, 5.74) is 8.41. The lowest BCUT2D eigenvalue weighted by Crippen LogP contribution is -2.37. The molecule has 0 aliphatic carbocycles. The van der Waals surface area contributed by atoms with Gasteiger partial charge in [-0.05, 0) is 37.1 Å². The fourth-order valence-electron chi connectivity index (χ4n) is 2.19. The number of amides is 1. The highest BCUT2D eigenvalue weighted by atomic mass is 16.3. The first-order valence-electron chi connectivity index (χ1n) is 6.89. The van der Waals surface area contributed by atoms with Crippen molar-refractivity contribution in [1.82, 2.24) is 5.32 Å². The van der Waals surface area contributed by atoms with Crippen LogP contribution in [0.15, 0.2) is 48.5 Å². The van der Waals surface area contributed by atoms with Crippen LogP contribution < -0.4 is 11.1 Å². The van der Waals surface area contributed by atoms with Crippen LogP contribution in [0.1, 0.15) is 34.5 Å². The number of anilines is 1. The van der Waals surface area contributed by atoms with Gasteiger partial charge in [-0.15, -0.1) is 0 Å². The second-order valence-electron chi connectivity index (χ2n) is 5.19. The summed E-state index contributed by atoms with van der Waals surface area (Å²) >= 11 is 0. The van der Waals surface area contributed by atoms with E-state index in [1.807, 2.05) is 43.3 Å². The standard InChI is InChI=1S/C17H20N2O2/c1-11-8-9-14(18)10-15(11)17(21)19-12(2)16(20)13-6-4-3-5-7-13/h3-10,12,16,20H,18H2,1-2H3,(H,19,21)/t12?,16-/m0/s1. The minimum Gasteiger partial charge on any atom is -0.399 e. The van der Waals surface area contributed by atoms with E-state index in [1.165, 1.54) is 0 Å². The highest BCUT2D eigenvalue weighted by Crippen LogP contribution is 2.18. The lowest BCUT2D eigenvalue weighted by atomic mass is 10.0. The highest BCUT2D eigenvalue weighted by molar-refractivity contribution is 5.96. The fourth-order valence-corrected chi connectivity index (χ4v) is 2.19. The predicted octanol–water partition coefficient (Wildman–Crippen LogP) is 2.43. The van der Waals surface area contributed by atoms with Crippen LogP contribution in [0.2, 0.25) is 0 Å². The van der Waals surface area contributed by atoms with Crippen molar-refractivity contribution in [2.75, 3.05) is 5.73 Å². The Balaban J connectivity index is 2.10. The van der Waals surface area contributed by atoms with E-state index in [0.717, 1.165) is 11.1 Å². The zero-order valence-electron chi connectivity index (χ0n) is 12.2. The third-order valence-corrected chi connectivity index (χ3v) is 3.48. The van der Waals surface area contributed by atoms with Crippen LogP contribution in [0.5, 0.6) is 0 Å². The first-order valence-corrected chi connectivity index (χ1v) is 6.89. The molecule has 1 unspecified atom stereocenters. The molecule has 4 nitrogen and oxygen atoms in total. The SMILES string of the molecule is Cc1ccc(N)cc1C(=O)NC(C)[C@H](O)c1ccccc1. The van der Waals surface area contributed by atoms with E-state index in [1.54, 1.807) is 19.1 Å². The molecule has 2 atom stereocenters. The van der Waals surface area contributed by atoms with Crippen molar-refractivity contribution in [1.29, 1.82) is 0 Å². The summed E-state index contributed by atoms with van der Waals surface area (Å²) in [6, 6.07) is 14.1. The van der Waals surface area contributed by atoms with E-state index in [0.29, 0.717) is 11.3 Å². The number of aliphatic hydroxyl groups excluding tert-OH is 1. The molecule has 0 heterocycles. The molecule has 0 aliphatic heterocycles. The third-order valence-electron chi connectivity index (χ3n) is 3.48. The summed E-state index contributed by atoms with van der Waals surface area (Å²) < 4.78 is 0. The Hall–Kier alpha value is -2.33. The summed E-state index contributed by atoms with van der Waals surface area (Å²) in [6.45, 7) is 3.63. The van der Waals surface area contributed by atoms with Crippen LogP contribution >= 0.6 is 0 Å². The average molecular weight is 284 g/mol. The zero-order chi connectivity index (χ0) is 15.4. The van der Waals surface area contributed by atoms with Gasteiger partial charge in [-0.25, -0.2) is 0 Å². The summed E-state index contributed by atoms with van der Waals surface area (Å²) in [4.78, 5) is 12.3. The van der Waals surface area contributed by atoms with Crippen LogP contribution in [0.25, 0.3) is 0 Å². The molecule has 0 spiro atoms. The number of hydrogen-bond acceptors (Lipinski definition) is 3.